The van der Waals surface area contributed by atoms with Crippen LogP contribution >= 0.6 is 0 Å². The van der Waals surface area contributed by atoms with Crippen molar-refractivity contribution in [2.75, 3.05) is 6.54 Å². The van der Waals surface area contributed by atoms with Gasteiger partial charge in [-0.15, -0.1) is 0 Å². The van der Waals surface area contributed by atoms with Gasteiger partial charge in [0.25, 0.3) is 0 Å². The van der Waals surface area contributed by atoms with Gasteiger partial charge in [0.15, 0.2) is 0 Å². The number of likely N-dealkylation sites (N-methyl/N-ethyl adjacent to an activating group) is 1. The van der Waals surface area contributed by atoms with E-state index in [0.717, 1.165) is 0 Å². The van der Waals surface area contributed by atoms with Gasteiger partial charge in [-0.3, -0.25) is 9.59 Å². The van der Waals surface area contributed by atoms with Gasteiger partial charge in [0.2, 0.25) is 11.8 Å². The summed E-state index contributed by atoms with van der Waals surface area (Å²) in [5.41, 5.74) is 8.69. The van der Waals surface area contributed by atoms with Gasteiger partial charge in [0.05, 0.1) is 6.04 Å². The maximum atomic E-state index is 13.8. The van der Waals surface area contributed by atoms with E-state index >= 15 is 0 Å². The minimum atomic E-state index is -0.610. The largest absolute Gasteiger partial charge is 0.342 e. The fourth-order valence-corrected chi connectivity index (χ4v) is 6.20. The van der Waals surface area contributed by atoms with Crippen molar-refractivity contribution in [2.45, 2.75) is 76.9 Å². The van der Waals surface area contributed by atoms with Gasteiger partial charge in [-0.05, 0) is 55.1 Å². The van der Waals surface area contributed by atoms with Crippen LogP contribution in [0.1, 0.15) is 69.9 Å². The first-order chi connectivity index (χ1) is 13.8. The maximum absolute atomic E-state index is 13.8. The van der Waals surface area contributed by atoms with Crippen LogP contribution < -0.4 is 11.1 Å². The molecule has 5 heteroatoms. The molecule has 3 aliphatic rings. The number of nitrogens with two attached hydrogens (primary N) is 1. The fourth-order valence-electron chi connectivity index (χ4n) is 6.20. The molecule has 0 saturated heterocycles. The summed E-state index contributed by atoms with van der Waals surface area (Å²) >= 11 is 0. The summed E-state index contributed by atoms with van der Waals surface area (Å²) in [5.74, 6) is 1.43. The van der Waals surface area contributed by atoms with Gasteiger partial charge in [-0.1, -0.05) is 45.0 Å². The number of benzene rings is 1. The number of nitrogens with zero attached hydrogens (tertiary/aromatic N) is 1. The maximum Gasteiger partial charge on any atom is 0.246 e. The molecule has 29 heavy (non-hydrogen) atoms. The quantitative estimate of drug-likeness (QED) is 0.820. The number of carbonyl (C=O) groups excluding carboxylic acids is 2. The standard InChI is InChI=1S/C24H35N3O2/c1-5-27-22-16-11-10-15(12-16)19(22)18-9-7-6-8-17(18)14(4)21(24(27)29)26-23(28)20(25)13(2)3/h6-9,13-16,19-22H,5,10-12,25H2,1-4H3,(H,26,28)/t14?,15?,16?,19?,20-,21-,22?/m0/s1. The summed E-state index contributed by atoms with van der Waals surface area (Å²) in [7, 11) is 0. The lowest BCUT2D eigenvalue weighted by atomic mass is 9.73. The molecule has 3 N–H and O–H groups in total. The molecule has 5 nitrogen and oxygen atoms in total. The number of fused-ring (bicyclic) bond motifs is 7. The van der Waals surface area contributed by atoms with Crippen molar-refractivity contribution in [3.05, 3.63) is 35.4 Å². The molecule has 158 valence electrons. The summed E-state index contributed by atoms with van der Waals surface area (Å²) in [4.78, 5) is 28.6. The number of hydrogen-bond acceptors (Lipinski definition) is 3. The predicted molar refractivity (Wildman–Crippen MR) is 114 cm³/mol. The SMILES string of the molecule is CCN1C(=O)[C@@H](NC(=O)[C@@H](N)C(C)C)C(C)c2ccccc2C2C3CCC(C3)C21. The van der Waals surface area contributed by atoms with E-state index in [9.17, 15) is 9.59 Å². The van der Waals surface area contributed by atoms with Crippen LogP contribution in [0.3, 0.4) is 0 Å². The summed E-state index contributed by atoms with van der Waals surface area (Å²) in [6.45, 7) is 8.69. The third-order valence-electron chi connectivity index (χ3n) is 7.79. The van der Waals surface area contributed by atoms with Crippen LogP contribution in [0.4, 0.5) is 0 Å². The Morgan fingerprint density at radius 3 is 2.52 bits per heavy atom. The Morgan fingerprint density at radius 2 is 1.86 bits per heavy atom. The highest BCUT2D eigenvalue weighted by molar-refractivity contribution is 5.91. The fraction of sp³-hybridized carbons (Fsp3) is 0.667. The van der Waals surface area contributed by atoms with Crippen molar-refractivity contribution in [2.24, 2.45) is 23.5 Å². The van der Waals surface area contributed by atoms with Crippen molar-refractivity contribution in [1.29, 1.82) is 0 Å². The summed E-state index contributed by atoms with van der Waals surface area (Å²) in [6, 6.07) is 7.65. The molecular weight excluding hydrogens is 362 g/mol. The first-order valence-electron chi connectivity index (χ1n) is 11.3. The zero-order valence-electron chi connectivity index (χ0n) is 18.1. The molecule has 0 aromatic heterocycles. The van der Waals surface area contributed by atoms with E-state index < -0.39 is 12.1 Å². The molecule has 1 aromatic rings. The van der Waals surface area contributed by atoms with E-state index in [1.807, 2.05) is 13.8 Å². The van der Waals surface area contributed by atoms with Gasteiger partial charge in [0.1, 0.15) is 6.04 Å². The molecule has 2 bridgehead atoms. The minimum absolute atomic E-state index is 0.0264. The van der Waals surface area contributed by atoms with Crippen molar-refractivity contribution in [3.8, 4) is 0 Å². The van der Waals surface area contributed by atoms with Gasteiger partial charge < -0.3 is 16.0 Å². The number of carbonyl (C=O) groups is 2. The third-order valence-corrected chi connectivity index (χ3v) is 7.79. The molecule has 5 unspecified atom stereocenters. The van der Waals surface area contributed by atoms with Crippen LogP contribution in [0.25, 0.3) is 0 Å². The zero-order valence-corrected chi connectivity index (χ0v) is 18.1. The lowest BCUT2D eigenvalue weighted by Crippen LogP contribution is -2.59. The molecule has 4 rings (SSSR count). The average molecular weight is 398 g/mol. The molecule has 1 aliphatic heterocycles. The van der Waals surface area contributed by atoms with E-state index in [4.69, 9.17) is 5.73 Å². The molecule has 2 amide bonds. The number of amides is 2. The Kier molecular flexibility index (Phi) is 5.45. The normalized spacial score (nSPS) is 34.4. The van der Waals surface area contributed by atoms with E-state index in [2.05, 4.69) is 48.3 Å². The molecule has 2 saturated carbocycles. The zero-order chi connectivity index (χ0) is 20.9. The Morgan fingerprint density at radius 1 is 1.21 bits per heavy atom. The lowest BCUT2D eigenvalue weighted by molar-refractivity contribution is -0.141. The van der Waals surface area contributed by atoms with Crippen molar-refractivity contribution >= 4 is 11.8 Å². The summed E-state index contributed by atoms with van der Waals surface area (Å²) in [6.07, 6.45) is 3.70. The van der Waals surface area contributed by atoms with Crippen LogP contribution in [0.2, 0.25) is 0 Å². The number of rotatable bonds is 4. The summed E-state index contributed by atoms with van der Waals surface area (Å²) < 4.78 is 0. The first-order valence-corrected chi connectivity index (χ1v) is 11.3. The predicted octanol–water partition coefficient (Wildman–Crippen LogP) is 3.00. The van der Waals surface area contributed by atoms with Crippen molar-refractivity contribution in [1.82, 2.24) is 10.2 Å². The average Bonchev–Trinajstić information content (AvgIpc) is 3.32. The third kappa shape index (κ3) is 3.27. The van der Waals surface area contributed by atoms with E-state index in [-0.39, 0.29) is 29.7 Å². The second kappa shape index (κ2) is 7.75. The smallest absolute Gasteiger partial charge is 0.246 e. The Bertz CT molecular complexity index is 792. The second-order valence-electron chi connectivity index (χ2n) is 9.65. The molecule has 1 heterocycles. The monoisotopic (exact) mass is 397 g/mol. The van der Waals surface area contributed by atoms with Crippen molar-refractivity contribution < 1.29 is 9.59 Å². The van der Waals surface area contributed by atoms with E-state index in [0.29, 0.717) is 24.3 Å². The summed E-state index contributed by atoms with van der Waals surface area (Å²) in [5, 5.41) is 3.04. The second-order valence-corrected chi connectivity index (χ2v) is 9.65. The highest BCUT2D eigenvalue weighted by Gasteiger charge is 2.54. The molecule has 2 aliphatic carbocycles. The Balaban J connectivity index is 1.77. The lowest BCUT2D eigenvalue weighted by Gasteiger charge is -2.45. The van der Waals surface area contributed by atoms with Crippen LogP contribution in [0.5, 0.6) is 0 Å². The Hall–Kier alpha value is -1.88. The van der Waals surface area contributed by atoms with Gasteiger partial charge >= 0.3 is 0 Å². The number of hydrogen-bond donors (Lipinski definition) is 2. The van der Waals surface area contributed by atoms with Crippen LogP contribution in [-0.2, 0) is 9.59 Å². The Labute approximate surface area is 174 Å². The van der Waals surface area contributed by atoms with Gasteiger partial charge in [0, 0.05) is 24.4 Å². The molecule has 1 aromatic carbocycles. The van der Waals surface area contributed by atoms with Crippen LogP contribution in [0, 0.1) is 17.8 Å². The van der Waals surface area contributed by atoms with E-state index in [1.54, 1.807) is 0 Å². The molecule has 0 radical (unpaired) electrons. The van der Waals surface area contributed by atoms with Crippen LogP contribution in [0.15, 0.2) is 24.3 Å². The van der Waals surface area contributed by atoms with Crippen molar-refractivity contribution in [3.63, 3.8) is 0 Å². The minimum Gasteiger partial charge on any atom is -0.342 e. The first kappa shape index (κ1) is 20.4. The number of nitrogens with one attached hydrogen (secondary N) is 1. The van der Waals surface area contributed by atoms with Crippen LogP contribution in [-0.4, -0.2) is 41.4 Å². The molecule has 2 fully saturated rings. The van der Waals surface area contributed by atoms with E-state index in [1.165, 1.54) is 30.4 Å². The van der Waals surface area contributed by atoms with Gasteiger partial charge in [-0.25, -0.2) is 0 Å². The van der Waals surface area contributed by atoms with Gasteiger partial charge in [-0.2, -0.15) is 0 Å². The molecule has 7 atom stereocenters. The highest BCUT2D eigenvalue weighted by Crippen LogP contribution is 2.56. The topological polar surface area (TPSA) is 75.4 Å². The highest BCUT2D eigenvalue weighted by atomic mass is 16.2. The molecular formula is C24H35N3O2. The molecule has 0 spiro atoms.